The first-order valence-corrected chi connectivity index (χ1v) is 6.48. The summed E-state index contributed by atoms with van der Waals surface area (Å²) >= 11 is 1.04. The van der Waals surface area contributed by atoms with E-state index < -0.39 is 5.82 Å². The minimum absolute atomic E-state index is 0.194. The van der Waals surface area contributed by atoms with E-state index >= 15 is 0 Å². The molecule has 2 aromatic rings. The molecule has 1 aromatic carbocycles. The third-order valence-corrected chi connectivity index (χ3v) is 3.62. The van der Waals surface area contributed by atoms with Gasteiger partial charge in [-0.15, -0.1) is 5.10 Å². The first-order valence-electron chi connectivity index (χ1n) is 5.66. The van der Waals surface area contributed by atoms with Gasteiger partial charge in [0.2, 0.25) is 0 Å². The van der Waals surface area contributed by atoms with Crippen LogP contribution in [0.25, 0.3) is 0 Å². The van der Waals surface area contributed by atoms with Crippen LogP contribution >= 0.6 is 11.8 Å². The molecule has 0 aliphatic carbocycles. The number of nitrogens with one attached hydrogen (secondary N) is 1. The molecule has 1 N–H and O–H groups in total. The predicted octanol–water partition coefficient (Wildman–Crippen LogP) is 2.08. The van der Waals surface area contributed by atoms with Crippen LogP contribution in [-0.2, 0) is 6.54 Å². The molecule has 0 saturated carbocycles. The highest BCUT2D eigenvalue weighted by atomic mass is 32.2. The van der Waals surface area contributed by atoms with Gasteiger partial charge in [-0.05, 0) is 37.7 Å². The van der Waals surface area contributed by atoms with Crippen LogP contribution < -0.4 is 5.69 Å². The summed E-state index contributed by atoms with van der Waals surface area (Å²) in [5.74, 6) is -0.698. The van der Waals surface area contributed by atoms with E-state index in [0.717, 1.165) is 11.8 Å². The lowest BCUT2D eigenvalue weighted by Gasteiger charge is -2.04. The van der Waals surface area contributed by atoms with E-state index in [0.29, 0.717) is 22.2 Å². The summed E-state index contributed by atoms with van der Waals surface area (Å²) in [6.07, 6.45) is 0. The molecule has 0 bridgehead atoms. The Balaban J connectivity index is 2.33. The highest BCUT2D eigenvalue weighted by Crippen LogP contribution is 2.28. The van der Waals surface area contributed by atoms with E-state index in [9.17, 15) is 14.0 Å². The average Bonchev–Trinajstić information content (AvgIpc) is 2.72. The van der Waals surface area contributed by atoms with Gasteiger partial charge in [0, 0.05) is 12.1 Å². The fraction of sp³-hybridized carbons (Fsp3) is 0.250. The molecule has 5 nitrogen and oxygen atoms in total. The van der Waals surface area contributed by atoms with Gasteiger partial charge in [-0.25, -0.2) is 14.3 Å². The number of benzene rings is 1. The Bertz CT molecular complexity index is 678. The number of H-pyrrole nitrogens is 1. The van der Waals surface area contributed by atoms with E-state index in [4.69, 9.17) is 0 Å². The molecule has 0 unspecified atom stereocenters. The number of aromatic amines is 1. The van der Waals surface area contributed by atoms with Crippen molar-refractivity contribution < 1.29 is 9.18 Å². The summed E-state index contributed by atoms with van der Waals surface area (Å²) in [6, 6.07) is 4.25. The molecule has 0 aliphatic rings. The number of Topliss-reactive ketones (excluding diaryl/α,β-unsaturated/α-hetero) is 1. The Hall–Kier alpha value is -1.89. The van der Waals surface area contributed by atoms with Gasteiger partial charge in [-0.2, -0.15) is 0 Å². The SMILES string of the molecule is CCn1c(Sc2ccc(C(C)=O)cc2F)n[nH]c1=O. The molecule has 1 aromatic heterocycles. The summed E-state index contributed by atoms with van der Waals surface area (Å²) < 4.78 is 15.2. The lowest BCUT2D eigenvalue weighted by molar-refractivity contribution is 0.101. The average molecular weight is 281 g/mol. The number of hydrogen-bond donors (Lipinski definition) is 1. The van der Waals surface area contributed by atoms with Gasteiger partial charge in [0.15, 0.2) is 10.9 Å². The Morgan fingerprint density at radius 2 is 2.26 bits per heavy atom. The maximum Gasteiger partial charge on any atom is 0.343 e. The molecular formula is C12H12FN3O2S. The minimum Gasteiger partial charge on any atom is -0.295 e. The van der Waals surface area contributed by atoms with Crippen molar-refractivity contribution in [2.24, 2.45) is 0 Å². The van der Waals surface area contributed by atoms with Gasteiger partial charge in [0.25, 0.3) is 0 Å². The Morgan fingerprint density at radius 3 is 2.84 bits per heavy atom. The quantitative estimate of drug-likeness (QED) is 0.871. The fourth-order valence-electron chi connectivity index (χ4n) is 1.56. The molecule has 0 spiro atoms. The minimum atomic E-state index is -0.504. The lowest BCUT2D eigenvalue weighted by atomic mass is 10.1. The first kappa shape index (κ1) is 13.5. The smallest absolute Gasteiger partial charge is 0.295 e. The maximum absolute atomic E-state index is 13.8. The Kier molecular flexibility index (Phi) is 3.84. The normalized spacial score (nSPS) is 10.7. The molecule has 0 aliphatic heterocycles. The lowest BCUT2D eigenvalue weighted by Crippen LogP contribution is -2.16. The second-order valence-electron chi connectivity index (χ2n) is 3.86. The molecule has 0 atom stereocenters. The van der Waals surface area contributed by atoms with E-state index in [-0.39, 0.29) is 11.5 Å². The molecule has 0 amide bonds. The number of rotatable bonds is 4. The van der Waals surface area contributed by atoms with Crippen LogP contribution in [0, 0.1) is 5.82 Å². The molecule has 0 saturated heterocycles. The van der Waals surface area contributed by atoms with Gasteiger partial charge < -0.3 is 0 Å². The van der Waals surface area contributed by atoms with Crippen LogP contribution in [-0.4, -0.2) is 20.5 Å². The highest BCUT2D eigenvalue weighted by molar-refractivity contribution is 7.99. The summed E-state index contributed by atoms with van der Waals surface area (Å²) in [6.45, 7) is 3.63. The number of ketones is 1. The third kappa shape index (κ3) is 2.76. The van der Waals surface area contributed by atoms with Crippen molar-refractivity contribution >= 4 is 17.5 Å². The van der Waals surface area contributed by atoms with Crippen molar-refractivity contribution in [3.63, 3.8) is 0 Å². The zero-order valence-corrected chi connectivity index (χ0v) is 11.3. The standard InChI is InChI=1S/C12H12FN3O2S/c1-3-16-11(18)14-15-12(16)19-10-5-4-8(7(2)17)6-9(10)13/h4-6H,3H2,1-2H3,(H,14,18). The zero-order chi connectivity index (χ0) is 14.0. The molecule has 1 heterocycles. The molecule has 7 heteroatoms. The first-order chi connectivity index (χ1) is 9.02. The van der Waals surface area contributed by atoms with Crippen molar-refractivity contribution in [2.75, 3.05) is 0 Å². The second kappa shape index (κ2) is 5.40. The summed E-state index contributed by atoms with van der Waals surface area (Å²) in [4.78, 5) is 22.8. The van der Waals surface area contributed by atoms with Crippen LogP contribution in [0.5, 0.6) is 0 Å². The second-order valence-corrected chi connectivity index (χ2v) is 4.87. The van der Waals surface area contributed by atoms with Crippen molar-refractivity contribution in [1.82, 2.24) is 14.8 Å². The van der Waals surface area contributed by atoms with E-state index in [1.54, 1.807) is 13.0 Å². The number of aromatic nitrogens is 3. The number of hydrogen-bond acceptors (Lipinski definition) is 4. The number of carbonyl (C=O) groups is 1. The van der Waals surface area contributed by atoms with Crippen LogP contribution in [0.15, 0.2) is 33.0 Å². The zero-order valence-electron chi connectivity index (χ0n) is 10.4. The van der Waals surface area contributed by atoms with Crippen LogP contribution in [0.1, 0.15) is 24.2 Å². The molecule has 19 heavy (non-hydrogen) atoms. The monoisotopic (exact) mass is 281 g/mol. The molecule has 2 rings (SSSR count). The molecular weight excluding hydrogens is 269 g/mol. The van der Waals surface area contributed by atoms with Crippen molar-refractivity contribution in [3.05, 3.63) is 40.1 Å². The van der Waals surface area contributed by atoms with E-state index in [2.05, 4.69) is 10.2 Å². The highest BCUT2D eigenvalue weighted by Gasteiger charge is 2.12. The van der Waals surface area contributed by atoms with E-state index in [1.165, 1.54) is 23.6 Å². The summed E-state index contributed by atoms with van der Waals surface area (Å²) in [5, 5.41) is 6.54. The predicted molar refractivity (Wildman–Crippen MR) is 69.0 cm³/mol. The molecule has 0 radical (unpaired) electrons. The number of nitrogens with zero attached hydrogens (tertiary/aromatic N) is 2. The van der Waals surface area contributed by atoms with Gasteiger partial charge in [-0.1, -0.05) is 6.07 Å². The van der Waals surface area contributed by atoms with Crippen LogP contribution in [0.2, 0.25) is 0 Å². The van der Waals surface area contributed by atoms with Gasteiger partial charge >= 0.3 is 5.69 Å². The van der Waals surface area contributed by atoms with E-state index in [1.807, 2.05) is 0 Å². The molecule has 0 fully saturated rings. The van der Waals surface area contributed by atoms with Crippen LogP contribution in [0.3, 0.4) is 0 Å². The van der Waals surface area contributed by atoms with Crippen LogP contribution in [0.4, 0.5) is 4.39 Å². The Labute approximate surface area is 112 Å². The largest absolute Gasteiger partial charge is 0.343 e. The van der Waals surface area contributed by atoms with Crippen molar-refractivity contribution in [2.45, 2.75) is 30.4 Å². The fourth-order valence-corrected chi connectivity index (χ4v) is 2.46. The van der Waals surface area contributed by atoms with Gasteiger partial charge in [-0.3, -0.25) is 9.36 Å². The van der Waals surface area contributed by atoms with Gasteiger partial charge in [0.05, 0.1) is 4.90 Å². The third-order valence-electron chi connectivity index (χ3n) is 2.58. The summed E-state index contributed by atoms with van der Waals surface area (Å²) in [5.41, 5.74) is -0.0116. The topological polar surface area (TPSA) is 67.8 Å². The molecule has 100 valence electrons. The van der Waals surface area contributed by atoms with Gasteiger partial charge in [0.1, 0.15) is 5.82 Å². The van der Waals surface area contributed by atoms with Crippen molar-refractivity contribution in [1.29, 1.82) is 0 Å². The summed E-state index contributed by atoms with van der Waals surface area (Å²) in [7, 11) is 0. The van der Waals surface area contributed by atoms with Crippen molar-refractivity contribution in [3.8, 4) is 0 Å². The Morgan fingerprint density at radius 1 is 1.53 bits per heavy atom. The number of carbonyl (C=O) groups excluding carboxylic acids is 1. The number of halogens is 1. The maximum atomic E-state index is 13.8.